The molecule has 0 spiro atoms. The molecule has 0 aliphatic carbocycles. The molecule has 1 unspecified atom stereocenters. The fourth-order valence-electron chi connectivity index (χ4n) is 2.15. The van der Waals surface area contributed by atoms with Crippen molar-refractivity contribution in [3.05, 3.63) is 56.4 Å². The summed E-state index contributed by atoms with van der Waals surface area (Å²) in [4.78, 5) is 0. The van der Waals surface area contributed by atoms with Crippen LogP contribution in [0.2, 0.25) is 0 Å². The maximum Gasteiger partial charge on any atom is 0.124 e. The number of hydrogen-bond acceptors (Lipinski definition) is 2. The first-order valence-corrected chi connectivity index (χ1v) is 8.11. The zero-order valence-electron chi connectivity index (χ0n) is 10.8. The van der Waals surface area contributed by atoms with Crippen LogP contribution in [0.15, 0.2) is 39.5 Å². The van der Waals surface area contributed by atoms with E-state index < -0.39 is 0 Å². The van der Waals surface area contributed by atoms with Gasteiger partial charge in [-0.25, -0.2) is 4.39 Å². The van der Waals surface area contributed by atoms with Gasteiger partial charge < -0.3 is 5.32 Å². The average Bonchev–Trinajstić information content (AvgIpc) is 2.86. The van der Waals surface area contributed by atoms with E-state index in [-0.39, 0.29) is 5.82 Å². The van der Waals surface area contributed by atoms with E-state index in [1.54, 1.807) is 11.3 Å². The molecule has 2 rings (SSSR count). The first kappa shape index (κ1) is 14.7. The molecule has 102 valence electrons. The van der Waals surface area contributed by atoms with Gasteiger partial charge in [-0.2, -0.15) is 11.3 Å². The van der Waals surface area contributed by atoms with Crippen molar-refractivity contribution >= 4 is 27.3 Å². The van der Waals surface area contributed by atoms with Crippen molar-refractivity contribution in [3.63, 3.8) is 0 Å². The number of likely N-dealkylation sites (N-methyl/N-ethyl adjacent to an activating group) is 1. The van der Waals surface area contributed by atoms with Crippen molar-refractivity contribution in [2.24, 2.45) is 0 Å². The molecular weight excluding hydrogens is 325 g/mol. The fourth-order valence-corrected chi connectivity index (χ4v) is 3.35. The van der Waals surface area contributed by atoms with E-state index in [4.69, 9.17) is 0 Å². The van der Waals surface area contributed by atoms with Crippen LogP contribution < -0.4 is 5.32 Å². The molecule has 0 fully saturated rings. The van der Waals surface area contributed by atoms with Gasteiger partial charge in [-0.3, -0.25) is 0 Å². The second-order valence-corrected chi connectivity index (χ2v) is 6.16. The molecule has 0 saturated carbocycles. The predicted molar refractivity (Wildman–Crippen MR) is 83.3 cm³/mol. The van der Waals surface area contributed by atoms with Crippen molar-refractivity contribution in [1.29, 1.82) is 0 Å². The van der Waals surface area contributed by atoms with Crippen molar-refractivity contribution < 1.29 is 4.39 Å². The molecule has 2 aromatic rings. The zero-order chi connectivity index (χ0) is 13.7. The molecule has 1 nitrogen and oxygen atoms in total. The molecule has 1 aromatic heterocycles. The zero-order valence-corrected chi connectivity index (χ0v) is 13.2. The van der Waals surface area contributed by atoms with Gasteiger partial charge in [-0.05, 0) is 59.5 Å². The molecule has 1 heterocycles. The molecule has 4 heteroatoms. The first-order valence-electron chi connectivity index (χ1n) is 6.37. The summed E-state index contributed by atoms with van der Waals surface area (Å²) in [7, 11) is 0. The van der Waals surface area contributed by atoms with Crippen LogP contribution >= 0.6 is 27.3 Å². The summed E-state index contributed by atoms with van der Waals surface area (Å²) in [6, 6.07) is 7.45. The van der Waals surface area contributed by atoms with Crippen LogP contribution in [0, 0.1) is 5.82 Å². The van der Waals surface area contributed by atoms with Crippen LogP contribution in [0.4, 0.5) is 4.39 Å². The largest absolute Gasteiger partial charge is 0.314 e. The minimum Gasteiger partial charge on any atom is -0.314 e. The Bertz CT molecular complexity index is 513. The van der Waals surface area contributed by atoms with Crippen LogP contribution in [0.25, 0.3) is 0 Å². The van der Waals surface area contributed by atoms with Gasteiger partial charge in [-0.15, -0.1) is 0 Å². The van der Waals surface area contributed by atoms with Crippen LogP contribution in [0.5, 0.6) is 0 Å². The maximum atomic E-state index is 13.1. The van der Waals surface area contributed by atoms with Crippen LogP contribution in [0.1, 0.15) is 18.1 Å². The third kappa shape index (κ3) is 4.41. The van der Waals surface area contributed by atoms with Crippen LogP contribution in [-0.4, -0.2) is 12.6 Å². The molecule has 0 saturated heterocycles. The number of nitrogens with one attached hydrogen (secondary N) is 1. The summed E-state index contributed by atoms with van der Waals surface area (Å²) in [6.45, 7) is 3.05. The third-order valence-corrected chi connectivity index (χ3v) is 4.51. The van der Waals surface area contributed by atoms with Crippen LogP contribution in [-0.2, 0) is 12.8 Å². The lowest BCUT2D eigenvalue weighted by atomic mass is 10.0. The van der Waals surface area contributed by atoms with E-state index >= 15 is 0 Å². The molecule has 1 atom stereocenters. The summed E-state index contributed by atoms with van der Waals surface area (Å²) in [5.74, 6) is -0.200. The molecule has 0 bridgehead atoms. The summed E-state index contributed by atoms with van der Waals surface area (Å²) in [6.07, 6.45) is 1.89. The maximum absolute atomic E-state index is 13.1. The van der Waals surface area contributed by atoms with Crippen molar-refractivity contribution in [3.8, 4) is 0 Å². The number of hydrogen-bond donors (Lipinski definition) is 1. The minimum absolute atomic E-state index is 0.200. The second kappa shape index (κ2) is 7.17. The van der Waals surface area contributed by atoms with Gasteiger partial charge in [0.15, 0.2) is 0 Å². The Balaban J connectivity index is 2.07. The Hall–Kier alpha value is -0.710. The number of benzene rings is 1. The van der Waals surface area contributed by atoms with Gasteiger partial charge in [0, 0.05) is 10.5 Å². The van der Waals surface area contributed by atoms with Crippen molar-refractivity contribution in [1.82, 2.24) is 5.32 Å². The summed E-state index contributed by atoms with van der Waals surface area (Å²) < 4.78 is 13.9. The first-order chi connectivity index (χ1) is 9.19. The van der Waals surface area contributed by atoms with E-state index in [1.807, 2.05) is 6.07 Å². The lowest BCUT2D eigenvalue weighted by Gasteiger charge is -2.18. The van der Waals surface area contributed by atoms with E-state index in [0.29, 0.717) is 6.04 Å². The van der Waals surface area contributed by atoms with Crippen molar-refractivity contribution in [2.75, 3.05) is 6.54 Å². The highest BCUT2D eigenvalue weighted by Crippen LogP contribution is 2.21. The van der Waals surface area contributed by atoms with Gasteiger partial charge in [0.2, 0.25) is 0 Å². The predicted octanol–water partition coefficient (Wildman–Crippen LogP) is 4.41. The lowest BCUT2D eigenvalue weighted by Crippen LogP contribution is -2.33. The Labute approximate surface area is 126 Å². The molecule has 0 amide bonds. The molecule has 19 heavy (non-hydrogen) atoms. The second-order valence-electron chi connectivity index (χ2n) is 4.53. The molecule has 0 aliphatic heterocycles. The van der Waals surface area contributed by atoms with Gasteiger partial charge in [0.1, 0.15) is 5.82 Å². The van der Waals surface area contributed by atoms with E-state index in [0.717, 1.165) is 29.4 Å². The SMILES string of the molecule is CCNC(Cc1ccsc1)Cc1ccc(F)cc1Br. The topological polar surface area (TPSA) is 12.0 Å². The van der Waals surface area contributed by atoms with E-state index in [9.17, 15) is 4.39 Å². The fraction of sp³-hybridized carbons (Fsp3) is 0.333. The Morgan fingerprint density at radius 3 is 2.79 bits per heavy atom. The lowest BCUT2D eigenvalue weighted by molar-refractivity contribution is 0.520. The van der Waals surface area contributed by atoms with Gasteiger partial charge in [-0.1, -0.05) is 28.9 Å². The summed E-state index contributed by atoms with van der Waals surface area (Å²) in [5.41, 5.74) is 2.50. The van der Waals surface area contributed by atoms with Crippen LogP contribution in [0.3, 0.4) is 0 Å². The van der Waals surface area contributed by atoms with Gasteiger partial charge in [0.25, 0.3) is 0 Å². The number of thiophene rings is 1. The molecule has 0 radical (unpaired) electrons. The Morgan fingerprint density at radius 1 is 1.32 bits per heavy atom. The molecule has 0 aliphatic rings. The number of rotatable bonds is 6. The van der Waals surface area contributed by atoms with Crippen molar-refractivity contribution in [2.45, 2.75) is 25.8 Å². The quantitative estimate of drug-likeness (QED) is 0.820. The highest BCUT2D eigenvalue weighted by atomic mass is 79.9. The van der Waals surface area contributed by atoms with E-state index in [1.165, 1.54) is 17.7 Å². The summed E-state index contributed by atoms with van der Waals surface area (Å²) >= 11 is 5.16. The normalized spacial score (nSPS) is 12.6. The van der Waals surface area contributed by atoms with E-state index in [2.05, 4.69) is 45.0 Å². The molecular formula is C15H17BrFNS. The highest BCUT2D eigenvalue weighted by molar-refractivity contribution is 9.10. The van der Waals surface area contributed by atoms with Gasteiger partial charge in [0.05, 0.1) is 0 Å². The Morgan fingerprint density at radius 2 is 2.16 bits per heavy atom. The highest BCUT2D eigenvalue weighted by Gasteiger charge is 2.12. The molecule has 1 N–H and O–H groups in total. The molecule has 1 aromatic carbocycles. The minimum atomic E-state index is -0.200. The third-order valence-electron chi connectivity index (χ3n) is 3.04. The number of halogens is 2. The Kier molecular flexibility index (Phi) is 5.55. The monoisotopic (exact) mass is 341 g/mol. The summed E-state index contributed by atoms with van der Waals surface area (Å²) in [5, 5.41) is 7.79. The smallest absolute Gasteiger partial charge is 0.124 e. The standard InChI is InChI=1S/C15H17BrFNS/c1-2-18-14(7-11-5-6-19-10-11)8-12-3-4-13(17)9-15(12)16/h3-6,9-10,14,18H,2,7-8H2,1H3. The average molecular weight is 342 g/mol. The van der Waals surface area contributed by atoms with Gasteiger partial charge >= 0.3 is 0 Å².